The van der Waals surface area contributed by atoms with Crippen LogP contribution in [0.15, 0.2) is 24.3 Å². The van der Waals surface area contributed by atoms with Gasteiger partial charge in [-0.05, 0) is 19.4 Å². The summed E-state index contributed by atoms with van der Waals surface area (Å²) in [6.07, 6.45) is 0. The van der Waals surface area contributed by atoms with Gasteiger partial charge in [0, 0.05) is 39.3 Å². The Morgan fingerprint density at radius 3 is 2.52 bits per heavy atom. The van der Waals surface area contributed by atoms with Crippen LogP contribution in [-0.2, 0) is 11.3 Å². The van der Waals surface area contributed by atoms with E-state index in [1.807, 2.05) is 36.9 Å². The fourth-order valence-corrected chi connectivity index (χ4v) is 2.68. The van der Waals surface area contributed by atoms with E-state index in [2.05, 4.69) is 21.6 Å². The number of benzene rings is 1. The van der Waals surface area contributed by atoms with E-state index in [9.17, 15) is 9.59 Å². The van der Waals surface area contributed by atoms with Crippen molar-refractivity contribution in [2.75, 3.05) is 39.3 Å². The Balaban J connectivity index is 1.72. The van der Waals surface area contributed by atoms with Crippen LogP contribution in [0.3, 0.4) is 0 Å². The van der Waals surface area contributed by atoms with E-state index in [0.29, 0.717) is 32.7 Å². The zero-order valence-corrected chi connectivity index (χ0v) is 14.0. The summed E-state index contributed by atoms with van der Waals surface area (Å²) in [4.78, 5) is 27.7. The normalized spacial score (nSPS) is 15.3. The summed E-state index contributed by atoms with van der Waals surface area (Å²) >= 11 is 0. The first kappa shape index (κ1) is 17.3. The predicted octanol–water partition coefficient (Wildman–Crippen LogP) is 0.958. The second kappa shape index (κ2) is 8.53. The van der Waals surface area contributed by atoms with Crippen molar-refractivity contribution in [3.8, 4) is 0 Å². The SMILES string of the molecule is CCNC(=O)CN1CCN(C(=O)NCc2cccc(C)c2)CC1. The van der Waals surface area contributed by atoms with Crippen LogP contribution < -0.4 is 10.6 Å². The van der Waals surface area contributed by atoms with Crippen LogP contribution in [0.2, 0.25) is 0 Å². The Bertz CT molecular complexity index is 539. The first-order chi connectivity index (χ1) is 11.1. The molecule has 6 nitrogen and oxygen atoms in total. The summed E-state index contributed by atoms with van der Waals surface area (Å²) in [5, 5.41) is 5.76. The molecule has 1 aromatic rings. The standard InChI is InChI=1S/C17H26N4O2/c1-3-18-16(22)13-20-7-9-21(10-8-20)17(23)19-12-15-6-4-5-14(2)11-15/h4-6,11H,3,7-10,12-13H2,1-2H3,(H,18,22)(H,19,23). The van der Waals surface area contributed by atoms with Crippen LogP contribution in [0.1, 0.15) is 18.1 Å². The van der Waals surface area contributed by atoms with Gasteiger partial charge < -0.3 is 15.5 Å². The number of nitrogens with zero attached hydrogens (tertiary/aromatic N) is 2. The number of piperazine rings is 1. The highest BCUT2D eigenvalue weighted by atomic mass is 16.2. The van der Waals surface area contributed by atoms with E-state index >= 15 is 0 Å². The summed E-state index contributed by atoms with van der Waals surface area (Å²) in [6.45, 7) is 8.32. The molecule has 126 valence electrons. The fourth-order valence-electron chi connectivity index (χ4n) is 2.68. The van der Waals surface area contributed by atoms with Gasteiger partial charge in [0.2, 0.25) is 5.91 Å². The molecule has 2 rings (SSSR count). The minimum Gasteiger partial charge on any atom is -0.355 e. The maximum absolute atomic E-state index is 12.2. The average molecular weight is 318 g/mol. The van der Waals surface area contributed by atoms with Crippen molar-refractivity contribution < 1.29 is 9.59 Å². The number of carbonyl (C=O) groups is 2. The molecule has 0 atom stereocenters. The van der Waals surface area contributed by atoms with Crippen molar-refractivity contribution in [2.45, 2.75) is 20.4 Å². The first-order valence-electron chi connectivity index (χ1n) is 8.16. The molecule has 0 spiro atoms. The summed E-state index contributed by atoms with van der Waals surface area (Å²) in [6, 6.07) is 8.09. The van der Waals surface area contributed by atoms with Gasteiger partial charge in [0.05, 0.1) is 6.54 Å². The lowest BCUT2D eigenvalue weighted by Gasteiger charge is -2.34. The third-order valence-electron chi connectivity index (χ3n) is 3.93. The van der Waals surface area contributed by atoms with Crippen molar-refractivity contribution in [2.24, 2.45) is 0 Å². The number of amides is 3. The number of carbonyl (C=O) groups excluding carboxylic acids is 2. The van der Waals surface area contributed by atoms with Gasteiger partial charge in [0.25, 0.3) is 0 Å². The van der Waals surface area contributed by atoms with E-state index in [-0.39, 0.29) is 11.9 Å². The summed E-state index contributed by atoms with van der Waals surface area (Å²) in [5.41, 5.74) is 2.30. The number of rotatable bonds is 5. The highest BCUT2D eigenvalue weighted by Crippen LogP contribution is 2.05. The zero-order chi connectivity index (χ0) is 16.7. The molecule has 1 aliphatic rings. The number of hydrogen-bond acceptors (Lipinski definition) is 3. The van der Waals surface area contributed by atoms with Gasteiger partial charge in [0.15, 0.2) is 0 Å². The Labute approximate surface area is 137 Å². The van der Waals surface area contributed by atoms with E-state index in [4.69, 9.17) is 0 Å². The van der Waals surface area contributed by atoms with E-state index in [0.717, 1.165) is 18.7 Å². The van der Waals surface area contributed by atoms with Gasteiger partial charge >= 0.3 is 6.03 Å². The van der Waals surface area contributed by atoms with Crippen LogP contribution in [0.25, 0.3) is 0 Å². The molecule has 0 bridgehead atoms. The number of hydrogen-bond donors (Lipinski definition) is 2. The highest BCUT2D eigenvalue weighted by Gasteiger charge is 2.21. The lowest BCUT2D eigenvalue weighted by Crippen LogP contribution is -2.53. The zero-order valence-electron chi connectivity index (χ0n) is 14.0. The molecule has 0 aromatic heterocycles. The van der Waals surface area contributed by atoms with E-state index in [1.165, 1.54) is 5.56 Å². The van der Waals surface area contributed by atoms with Crippen molar-refractivity contribution in [1.82, 2.24) is 20.4 Å². The second-order valence-corrected chi connectivity index (χ2v) is 5.86. The number of likely N-dealkylation sites (N-methyl/N-ethyl adjacent to an activating group) is 1. The number of aryl methyl sites for hydroxylation is 1. The number of nitrogens with one attached hydrogen (secondary N) is 2. The molecule has 0 saturated carbocycles. The van der Waals surface area contributed by atoms with Crippen LogP contribution in [0.4, 0.5) is 4.79 Å². The highest BCUT2D eigenvalue weighted by molar-refractivity contribution is 5.78. The van der Waals surface area contributed by atoms with Crippen LogP contribution in [0, 0.1) is 6.92 Å². The molecular formula is C17H26N4O2. The van der Waals surface area contributed by atoms with Gasteiger partial charge in [-0.25, -0.2) is 4.79 Å². The molecule has 6 heteroatoms. The van der Waals surface area contributed by atoms with Crippen molar-refractivity contribution in [1.29, 1.82) is 0 Å². The Hall–Kier alpha value is -2.08. The Morgan fingerprint density at radius 1 is 1.13 bits per heavy atom. The first-order valence-corrected chi connectivity index (χ1v) is 8.16. The minimum absolute atomic E-state index is 0.0378. The minimum atomic E-state index is -0.0378. The largest absolute Gasteiger partial charge is 0.355 e. The molecule has 1 saturated heterocycles. The average Bonchev–Trinajstić information content (AvgIpc) is 2.53. The monoisotopic (exact) mass is 318 g/mol. The van der Waals surface area contributed by atoms with Gasteiger partial charge in [-0.1, -0.05) is 29.8 Å². The smallest absolute Gasteiger partial charge is 0.317 e. The number of urea groups is 1. The third kappa shape index (κ3) is 5.56. The maximum atomic E-state index is 12.2. The molecule has 1 heterocycles. The van der Waals surface area contributed by atoms with Gasteiger partial charge in [-0.3, -0.25) is 9.69 Å². The lowest BCUT2D eigenvalue weighted by atomic mass is 10.1. The molecule has 2 N–H and O–H groups in total. The molecule has 0 aliphatic carbocycles. The van der Waals surface area contributed by atoms with E-state index in [1.54, 1.807) is 0 Å². The third-order valence-corrected chi connectivity index (χ3v) is 3.93. The molecule has 1 aliphatic heterocycles. The predicted molar refractivity (Wildman–Crippen MR) is 90.1 cm³/mol. The van der Waals surface area contributed by atoms with E-state index < -0.39 is 0 Å². The molecule has 0 radical (unpaired) electrons. The van der Waals surface area contributed by atoms with Crippen molar-refractivity contribution >= 4 is 11.9 Å². The van der Waals surface area contributed by atoms with Crippen molar-refractivity contribution in [3.63, 3.8) is 0 Å². The summed E-state index contributed by atoms with van der Waals surface area (Å²) in [7, 11) is 0. The Kier molecular flexibility index (Phi) is 6.40. The molecule has 3 amide bonds. The van der Waals surface area contributed by atoms with Gasteiger partial charge in [0.1, 0.15) is 0 Å². The van der Waals surface area contributed by atoms with Crippen LogP contribution in [-0.4, -0.2) is 61.0 Å². The fraction of sp³-hybridized carbons (Fsp3) is 0.529. The summed E-state index contributed by atoms with van der Waals surface area (Å²) < 4.78 is 0. The maximum Gasteiger partial charge on any atom is 0.317 e. The second-order valence-electron chi connectivity index (χ2n) is 5.86. The molecule has 23 heavy (non-hydrogen) atoms. The molecule has 1 aromatic carbocycles. The molecule has 1 fully saturated rings. The molecule has 0 unspecified atom stereocenters. The summed E-state index contributed by atoms with van der Waals surface area (Å²) in [5.74, 6) is 0.0462. The van der Waals surface area contributed by atoms with Gasteiger partial charge in [-0.2, -0.15) is 0 Å². The van der Waals surface area contributed by atoms with Gasteiger partial charge in [-0.15, -0.1) is 0 Å². The topological polar surface area (TPSA) is 64.7 Å². The van der Waals surface area contributed by atoms with Crippen LogP contribution >= 0.6 is 0 Å². The Morgan fingerprint density at radius 2 is 1.87 bits per heavy atom. The van der Waals surface area contributed by atoms with Crippen LogP contribution in [0.5, 0.6) is 0 Å². The quantitative estimate of drug-likeness (QED) is 0.850. The van der Waals surface area contributed by atoms with Crippen molar-refractivity contribution in [3.05, 3.63) is 35.4 Å². The lowest BCUT2D eigenvalue weighted by molar-refractivity contribution is -0.122. The molecular weight excluding hydrogens is 292 g/mol.